The molecule has 0 atom stereocenters. The zero-order chi connectivity index (χ0) is 11.6. The standard InChI is InChI=1S/C7H5F2IN2O3/c8-7(9)6-5(10)3(2-13)4(1-11-6)12(14)15/h1,7,13H,2H2. The van der Waals surface area contributed by atoms with Gasteiger partial charge in [-0.15, -0.1) is 0 Å². The minimum Gasteiger partial charge on any atom is -0.391 e. The molecule has 1 aromatic heterocycles. The quantitative estimate of drug-likeness (QED) is 0.523. The number of alkyl halides is 2. The van der Waals surface area contributed by atoms with E-state index in [4.69, 9.17) is 5.11 Å². The van der Waals surface area contributed by atoms with Crippen LogP contribution in [0, 0.1) is 13.7 Å². The molecule has 0 aliphatic heterocycles. The molecule has 0 aliphatic carbocycles. The van der Waals surface area contributed by atoms with E-state index in [0.717, 1.165) is 6.20 Å². The van der Waals surface area contributed by atoms with Gasteiger partial charge < -0.3 is 5.11 Å². The molecule has 0 radical (unpaired) electrons. The Labute approximate surface area is 96.4 Å². The van der Waals surface area contributed by atoms with Gasteiger partial charge in [-0.3, -0.25) is 10.1 Å². The summed E-state index contributed by atoms with van der Waals surface area (Å²) in [6, 6.07) is 0. The van der Waals surface area contributed by atoms with E-state index >= 15 is 0 Å². The molecule has 0 saturated heterocycles. The minimum absolute atomic E-state index is 0.0701. The molecule has 1 N–H and O–H groups in total. The average Bonchev–Trinajstić information content (AvgIpc) is 2.16. The summed E-state index contributed by atoms with van der Waals surface area (Å²) in [7, 11) is 0. The molecule has 0 fully saturated rings. The molecule has 82 valence electrons. The molecular weight excluding hydrogens is 325 g/mol. The van der Waals surface area contributed by atoms with Crippen molar-refractivity contribution in [1.82, 2.24) is 4.98 Å². The molecule has 0 aliphatic rings. The number of halogens is 3. The Morgan fingerprint density at radius 2 is 2.27 bits per heavy atom. The second-order valence-electron chi connectivity index (χ2n) is 2.54. The van der Waals surface area contributed by atoms with Crippen LogP contribution in [0.1, 0.15) is 17.7 Å². The summed E-state index contributed by atoms with van der Waals surface area (Å²) in [6.07, 6.45) is -2.09. The van der Waals surface area contributed by atoms with Gasteiger partial charge in [0.25, 0.3) is 12.1 Å². The molecule has 1 heterocycles. The van der Waals surface area contributed by atoms with E-state index in [2.05, 4.69) is 4.98 Å². The lowest BCUT2D eigenvalue weighted by Crippen LogP contribution is -2.04. The number of aromatic nitrogens is 1. The summed E-state index contributed by atoms with van der Waals surface area (Å²) in [6.45, 7) is -0.670. The molecule has 0 unspecified atom stereocenters. The minimum atomic E-state index is -2.82. The third kappa shape index (κ3) is 2.37. The maximum absolute atomic E-state index is 12.4. The van der Waals surface area contributed by atoms with Crippen molar-refractivity contribution < 1.29 is 18.8 Å². The third-order valence-electron chi connectivity index (χ3n) is 1.69. The van der Waals surface area contributed by atoms with Gasteiger partial charge >= 0.3 is 0 Å². The van der Waals surface area contributed by atoms with E-state index in [-0.39, 0.29) is 9.13 Å². The molecular formula is C7H5F2IN2O3. The summed E-state index contributed by atoms with van der Waals surface area (Å²) >= 11 is 1.51. The number of aliphatic hydroxyl groups is 1. The maximum Gasteiger partial charge on any atom is 0.294 e. The normalized spacial score (nSPS) is 10.7. The van der Waals surface area contributed by atoms with Crippen molar-refractivity contribution in [2.24, 2.45) is 0 Å². The number of nitrogens with zero attached hydrogens (tertiary/aromatic N) is 2. The summed E-state index contributed by atoms with van der Waals surface area (Å²) < 4.78 is 24.6. The average molecular weight is 330 g/mol. The Hall–Kier alpha value is -0.900. The van der Waals surface area contributed by atoms with E-state index in [1.165, 1.54) is 22.6 Å². The van der Waals surface area contributed by atoms with Crippen LogP contribution in [-0.4, -0.2) is 15.0 Å². The number of hydrogen-bond donors (Lipinski definition) is 1. The number of nitro groups is 1. The van der Waals surface area contributed by atoms with Gasteiger partial charge in [-0.2, -0.15) is 0 Å². The highest BCUT2D eigenvalue weighted by atomic mass is 127. The van der Waals surface area contributed by atoms with Crippen molar-refractivity contribution in [3.63, 3.8) is 0 Å². The van der Waals surface area contributed by atoms with Gasteiger partial charge in [-0.25, -0.2) is 13.8 Å². The SMILES string of the molecule is O=[N+]([O-])c1cnc(C(F)F)c(I)c1CO. The first kappa shape index (κ1) is 12.2. The largest absolute Gasteiger partial charge is 0.391 e. The van der Waals surface area contributed by atoms with E-state index in [1.54, 1.807) is 0 Å². The molecule has 8 heteroatoms. The van der Waals surface area contributed by atoms with Gasteiger partial charge in [-0.1, -0.05) is 0 Å². The summed E-state index contributed by atoms with van der Waals surface area (Å²) in [5.41, 5.74) is -1.14. The molecule has 5 nitrogen and oxygen atoms in total. The molecule has 0 bridgehead atoms. The van der Waals surface area contributed by atoms with Crippen LogP contribution in [0.5, 0.6) is 0 Å². The zero-order valence-corrected chi connectivity index (χ0v) is 9.31. The smallest absolute Gasteiger partial charge is 0.294 e. The van der Waals surface area contributed by atoms with Gasteiger partial charge in [0.1, 0.15) is 11.9 Å². The number of rotatable bonds is 3. The van der Waals surface area contributed by atoms with Crippen LogP contribution in [0.3, 0.4) is 0 Å². The van der Waals surface area contributed by atoms with Crippen LogP contribution in [0.4, 0.5) is 14.5 Å². The Kier molecular flexibility index (Phi) is 3.85. The Bertz CT molecular complexity index is 400. The second kappa shape index (κ2) is 4.75. The highest BCUT2D eigenvalue weighted by molar-refractivity contribution is 14.1. The van der Waals surface area contributed by atoms with Crippen molar-refractivity contribution in [1.29, 1.82) is 0 Å². The first-order valence-electron chi connectivity index (χ1n) is 3.69. The first-order valence-corrected chi connectivity index (χ1v) is 4.77. The van der Waals surface area contributed by atoms with Crippen molar-refractivity contribution in [3.8, 4) is 0 Å². The fourth-order valence-electron chi connectivity index (χ4n) is 0.992. The molecule has 1 rings (SSSR count). The molecule has 15 heavy (non-hydrogen) atoms. The fraction of sp³-hybridized carbons (Fsp3) is 0.286. The molecule has 0 amide bonds. The van der Waals surface area contributed by atoms with Gasteiger partial charge in [-0.05, 0) is 22.6 Å². The summed E-state index contributed by atoms with van der Waals surface area (Å²) in [4.78, 5) is 13.0. The van der Waals surface area contributed by atoms with E-state index in [0.29, 0.717) is 0 Å². The third-order valence-corrected chi connectivity index (χ3v) is 2.89. The lowest BCUT2D eigenvalue weighted by Gasteiger charge is -2.06. The monoisotopic (exact) mass is 330 g/mol. The predicted molar refractivity (Wildman–Crippen MR) is 54.5 cm³/mol. The Morgan fingerprint density at radius 3 is 2.67 bits per heavy atom. The van der Waals surface area contributed by atoms with Crippen molar-refractivity contribution in [2.75, 3.05) is 0 Å². The molecule has 0 saturated carbocycles. The van der Waals surface area contributed by atoms with Crippen LogP contribution < -0.4 is 0 Å². The van der Waals surface area contributed by atoms with Gasteiger partial charge in [0.2, 0.25) is 0 Å². The number of aliphatic hydroxyl groups excluding tert-OH is 1. The van der Waals surface area contributed by atoms with Gasteiger partial charge in [0.05, 0.1) is 20.7 Å². The fourth-order valence-corrected chi connectivity index (χ4v) is 1.81. The lowest BCUT2D eigenvalue weighted by molar-refractivity contribution is -0.386. The second-order valence-corrected chi connectivity index (χ2v) is 3.62. The zero-order valence-electron chi connectivity index (χ0n) is 7.15. The summed E-state index contributed by atoms with van der Waals surface area (Å²) in [5.74, 6) is 0. The van der Waals surface area contributed by atoms with Crippen LogP contribution in [0.2, 0.25) is 0 Å². The van der Waals surface area contributed by atoms with E-state index < -0.39 is 29.3 Å². The maximum atomic E-state index is 12.4. The Morgan fingerprint density at radius 1 is 1.67 bits per heavy atom. The lowest BCUT2D eigenvalue weighted by atomic mass is 10.2. The number of pyridine rings is 1. The molecule has 0 aromatic carbocycles. The topological polar surface area (TPSA) is 76.3 Å². The van der Waals surface area contributed by atoms with Crippen molar-refractivity contribution >= 4 is 28.3 Å². The number of hydrogen-bond acceptors (Lipinski definition) is 4. The van der Waals surface area contributed by atoms with Crippen LogP contribution in [-0.2, 0) is 6.61 Å². The highest BCUT2D eigenvalue weighted by Gasteiger charge is 2.23. The summed E-state index contributed by atoms with van der Waals surface area (Å²) in [5, 5.41) is 19.4. The highest BCUT2D eigenvalue weighted by Crippen LogP contribution is 2.30. The molecule has 0 spiro atoms. The van der Waals surface area contributed by atoms with Crippen LogP contribution in [0.25, 0.3) is 0 Å². The molecule has 1 aromatic rings. The van der Waals surface area contributed by atoms with Gasteiger partial charge in [0.15, 0.2) is 0 Å². The van der Waals surface area contributed by atoms with Gasteiger partial charge in [0, 0.05) is 0 Å². The van der Waals surface area contributed by atoms with E-state index in [1.807, 2.05) is 0 Å². The van der Waals surface area contributed by atoms with Crippen LogP contribution >= 0.6 is 22.6 Å². The predicted octanol–water partition coefficient (Wildman–Crippen LogP) is 2.02. The Balaban J connectivity index is 3.39. The van der Waals surface area contributed by atoms with Crippen LogP contribution in [0.15, 0.2) is 6.20 Å². The van der Waals surface area contributed by atoms with E-state index in [9.17, 15) is 18.9 Å². The first-order chi connectivity index (χ1) is 6.99. The van der Waals surface area contributed by atoms with Crippen molar-refractivity contribution in [3.05, 3.63) is 31.1 Å². The van der Waals surface area contributed by atoms with Crippen molar-refractivity contribution in [2.45, 2.75) is 13.0 Å².